The van der Waals surface area contributed by atoms with Gasteiger partial charge in [-0.25, -0.2) is 0 Å². The first-order valence-electron chi connectivity index (χ1n) is 5.36. The minimum absolute atomic E-state index is 0.843. The molecule has 1 fully saturated rings. The van der Waals surface area contributed by atoms with E-state index in [1.54, 1.807) is 0 Å². The molecule has 2 nitrogen and oxygen atoms in total. The van der Waals surface area contributed by atoms with Crippen molar-refractivity contribution in [1.29, 1.82) is 0 Å². The van der Waals surface area contributed by atoms with Crippen molar-refractivity contribution in [3.8, 4) is 0 Å². The van der Waals surface area contributed by atoms with E-state index in [1.165, 1.54) is 30.5 Å². The third-order valence-electron chi connectivity index (χ3n) is 2.82. The van der Waals surface area contributed by atoms with Crippen molar-refractivity contribution in [2.24, 2.45) is 5.92 Å². The summed E-state index contributed by atoms with van der Waals surface area (Å²) in [5.41, 5.74) is 8.99. The Balaban J connectivity index is 1.87. The molecule has 0 radical (unpaired) electrons. The fourth-order valence-corrected chi connectivity index (χ4v) is 1.70. The Morgan fingerprint density at radius 3 is 2.86 bits per heavy atom. The van der Waals surface area contributed by atoms with E-state index >= 15 is 0 Å². The van der Waals surface area contributed by atoms with Crippen LogP contribution in [-0.4, -0.2) is 6.54 Å². The summed E-state index contributed by atoms with van der Waals surface area (Å²) in [6, 6.07) is 6.03. The van der Waals surface area contributed by atoms with E-state index < -0.39 is 0 Å². The SMILES string of the molecule is Cc1cc(N)ccc1NCCC1CC1. The lowest BCUT2D eigenvalue weighted by Crippen LogP contribution is -2.03. The van der Waals surface area contributed by atoms with Gasteiger partial charge in [-0.1, -0.05) is 12.8 Å². The van der Waals surface area contributed by atoms with Gasteiger partial charge in [-0.05, 0) is 43.0 Å². The molecule has 1 aromatic rings. The molecule has 0 spiro atoms. The van der Waals surface area contributed by atoms with Crippen LogP contribution < -0.4 is 11.1 Å². The van der Waals surface area contributed by atoms with Crippen LogP contribution in [0.15, 0.2) is 18.2 Å². The molecule has 0 aromatic heterocycles. The molecule has 2 rings (SSSR count). The van der Waals surface area contributed by atoms with Gasteiger partial charge < -0.3 is 11.1 Å². The van der Waals surface area contributed by atoms with Crippen LogP contribution >= 0.6 is 0 Å². The Labute approximate surface area is 85.5 Å². The molecule has 0 unspecified atom stereocenters. The monoisotopic (exact) mass is 190 g/mol. The first kappa shape index (κ1) is 9.38. The van der Waals surface area contributed by atoms with Crippen LogP contribution in [0.3, 0.4) is 0 Å². The van der Waals surface area contributed by atoms with E-state index in [0.29, 0.717) is 0 Å². The fraction of sp³-hybridized carbons (Fsp3) is 0.500. The van der Waals surface area contributed by atoms with Crippen LogP contribution in [0, 0.1) is 12.8 Å². The maximum absolute atomic E-state index is 5.69. The van der Waals surface area contributed by atoms with E-state index in [9.17, 15) is 0 Å². The molecule has 3 N–H and O–H groups in total. The summed E-state index contributed by atoms with van der Waals surface area (Å²) in [5.74, 6) is 0.997. The number of nitrogens with two attached hydrogens (primary N) is 1. The molecule has 0 amide bonds. The van der Waals surface area contributed by atoms with Crippen molar-refractivity contribution in [2.45, 2.75) is 26.2 Å². The second-order valence-corrected chi connectivity index (χ2v) is 4.23. The molecule has 0 atom stereocenters. The number of anilines is 2. The minimum atomic E-state index is 0.843. The molecule has 1 saturated carbocycles. The van der Waals surface area contributed by atoms with Crippen LogP contribution in [0.4, 0.5) is 11.4 Å². The highest BCUT2D eigenvalue weighted by Gasteiger charge is 2.20. The Morgan fingerprint density at radius 1 is 1.43 bits per heavy atom. The zero-order valence-electron chi connectivity index (χ0n) is 8.72. The molecular formula is C12H18N2. The molecule has 0 bridgehead atoms. The van der Waals surface area contributed by atoms with Crippen molar-refractivity contribution in [1.82, 2.24) is 0 Å². The highest BCUT2D eigenvalue weighted by atomic mass is 14.9. The van der Waals surface area contributed by atoms with Gasteiger partial charge in [-0.2, -0.15) is 0 Å². The van der Waals surface area contributed by atoms with Crippen molar-refractivity contribution in [2.75, 3.05) is 17.6 Å². The quantitative estimate of drug-likeness (QED) is 0.716. The van der Waals surface area contributed by atoms with Gasteiger partial charge in [0.2, 0.25) is 0 Å². The normalized spacial score (nSPS) is 15.5. The van der Waals surface area contributed by atoms with E-state index in [4.69, 9.17) is 5.73 Å². The predicted octanol–water partition coefficient (Wildman–Crippen LogP) is 2.79. The lowest BCUT2D eigenvalue weighted by atomic mass is 10.1. The van der Waals surface area contributed by atoms with Gasteiger partial charge in [-0.15, -0.1) is 0 Å². The van der Waals surface area contributed by atoms with Crippen LogP contribution in [-0.2, 0) is 0 Å². The standard InChI is InChI=1S/C12H18N2/c1-9-8-11(13)4-5-12(9)14-7-6-10-2-3-10/h4-5,8,10,14H,2-3,6-7,13H2,1H3. The molecule has 1 aliphatic carbocycles. The van der Waals surface area contributed by atoms with E-state index in [1.807, 2.05) is 12.1 Å². The number of benzene rings is 1. The molecule has 2 heteroatoms. The number of hydrogen-bond acceptors (Lipinski definition) is 2. The van der Waals surface area contributed by atoms with Crippen molar-refractivity contribution < 1.29 is 0 Å². The Bertz CT molecular complexity index is 316. The van der Waals surface area contributed by atoms with Gasteiger partial charge >= 0.3 is 0 Å². The highest BCUT2D eigenvalue weighted by molar-refractivity contribution is 5.57. The van der Waals surface area contributed by atoms with Gasteiger partial charge in [0.1, 0.15) is 0 Å². The van der Waals surface area contributed by atoms with Crippen LogP contribution in [0.2, 0.25) is 0 Å². The summed E-state index contributed by atoms with van der Waals surface area (Å²) in [6.45, 7) is 3.19. The van der Waals surface area contributed by atoms with Gasteiger partial charge in [0, 0.05) is 17.9 Å². The Hall–Kier alpha value is -1.18. The minimum Gasteiger partial charge on any atom is -0.399 e. The largest absolute Gasteiger partial charge is 0.399 e. The second kappa shape index (κ2) is 3.91. The summed E-state index contributed by atoms with van der Waals surface area (Å²) in [6.07, 6.45) is 4.18. The van der Waals surface area contributed by atoms with Crippen molar-refractivity contribution in [3.05, 3.63) is 23.8 Å². The summed E-state index contributed by atoms with van der Waals surface area (Å²) in [5, 5.41) is 3.46. The zero-order chi connectivity index (χ0) is 9.97. The number of nitrogens with one attached hydrogen (secondary N) is 1. The summed E-state index contributed by atoms with van der Waals surface area (Å²) < 4.78 is 0. The zero-order valence-corrected chi connectivity index (χ0v) is 8.72. The summed E-state index contributed by atoms with van der Waals surface area (Å²) in [7, 11) is 0. The second-order valence-electron chi connectivity index (χ2n) is 4.23. The van der Waals surface area contributed by atoms with Gasteiger partial charge in [-0.3, -0.25) is 0 Å². The molecule has 0 saturated heterocycles. The maximum Gasteiger partial charge on any atom is 0.0371 e. The number of rotatable bonds is 4. The van der Waals surface area contributed by atoms with E-state index in [0.717, 1.165) is 18.2 Å². The van der Waals surface area contributed by atoms with Gasteiger partial charge in [0.05, 0.1) is 0 Å². The van der Waals surface area contributed by atoms with Crippen LogP contribution in [0.25, 0.3) is 0 Å². The molecule has 14 heavy (non-hydrogen) atoms. The molecule has 76 valence electrons. The molecule has 0 aliphatic heterocycles. The Kier molecular flexibility index (Phi) is 2.62. The number of aryl methyl sites for hydroxylation is 1. The average Bonchev–Trinajstić information content (AvgIpc) is 2.92. The number of nitrogen functional groups attached to an aromatic ring is 1. The molecule has 1 aliphatic rings. The smallest absolute Gasteiger partial charge is 0.0371 e. The van der Waals surface area contributed by atoms with Gasteiger partial charge in [0.25, 0.3) is 0 Å². The third kappa shape index (κ3) is 2.41. The lowest BCUT2D eigenvalue weighted by Gasteiger charge is -2.09. The van der Waals surface area contributed by atoms with E-state index in [-0.39, 0.29) is 0 Å². The first-order chi connectivity index (χ1) is 6.75. The van der Waals surface area contributed by atoms with Crippen molar-refractivity contribution >= 4 is 11.4 Å². The highest BCUT2D eigenvalue weighted by Crippen LogP contribution is 2.32. The van der Waals surface area contributed by atoms with Crippen LogP contribution in [0.1, 0.15) is 24.8 Å². The van der Waals surface area contributed by atoms with E-state index in [2.05, 4.69) is 18.3 Å². The maximum atomic E-state index is 5.69. The summed E-state index contributed by atoms with van der Waals surface area (Å²) in [4.78, 5) is 0. The van der Waals surface area contributed by atoms with Crippen LogP contribution in [0.5, 0.6) is 0 Å². The topological polar surface area (TPSA) is 38.0 Å². The molecular weight excluding hydrogens is 172 g/mol. The third-order valence-corrected chi connectivity index (χ3v) is 2.82. The summed E-state index contributed by atoms with van der Waals surface area (Å²) >= 11 is 0. The predicted molar refractivity (Wildman–Crippen MR) is 61.4 cm³/mol. The van der Waals surface area contributed by atoms with Crippen molar-refractivity contribution in [3.63, 3.8) is 0 Å². The lowest BCUT2D eigenvalue weighted by molar-refractivity contribution is 0.760. The molecule has 0 heterocycles. The van der Waals surface area contributed by atoms with Gasteiger partial charge in [0.15, 0.2) is 0 Å². The number of hydrogen-bond donors (Lipinski definition) is 2. The fourth-order valence-electron chi connectivity index (χ4n) is 1.70. The first-order valence-corrected chi connectivity index (χ1v) is 5.36. The average molecular weight is 190 g/mol. The Morgan fingerprint density at radius 2 is 2.21 bits per heavy atom. The molecule has 1 aromatic carbocycles.